The van der Waals surface area contributed by atoms with E-state index in [1.807, 2.05) is 6.07 Å². The van der Waals surface area contributed by atoms with Crippen LogP contribution in [0.2, 0.25) is 5.02 Å². The fraction of sp³-hybridized carbons (Fsp3) is 0.571. The van der Waals surface area contributed by atoms with Crippen molar-refractivity contribution in [3.63, 3.8) is 0 Å². The summed E-state index contributed by atoms with van der Waals surface area (Å²) in [4.78, 5) is 0. The van der Waals surface area contributed by atoms with Crippen LogP contribution in [0.25, 0.3) is 0 Å². The average molecular weight is 256 g/mol. The van der Waals surface area contributed by atoms with Gasteiger partial charge in [-0.2, -0.15) is 0 Å². The Morgan fingerprint density at radius 2 is 2.24 bits per heavy atom. The summed E-state index contributed by atoms with van der Waals surface area (Å²) in [6.45, 7) is 3.97. The van der Waals surface area contributed by atoms with Crippen molar-refractivity contribution in [1.29, 1.82) is 0 Å². The highest BCUT2D eigenvalue weighted by atomic mass is 35.5. The molecular formula is C14H19ClFN. The lowest BCUT2D eigenvalue weighted by Gasteiger charge is -2.12. The van der Waals surface area contributed by atoms with Crippen LogP contribution in [0.5, 0.6) is 0 Å². The second-order valence-corrected chi connectivity index (χ2v) is 5.51. The minimum absolute atomic E-state index is 0.250. The first-order valence-electron chi connectivity index (χ1n) is 6.30. The van der Waals surface area contributed by atoms with Crippen LogP contribution < -0.4 is 5.32 Å². The van der Waals surface area contributed by atoms with E-state index in [1.54, 1.807) is 6.07 Å². The first-order chi connectivity index (χ1) is 8.16. The normalized spacial score (nSPS) is 24.2. The van der Waals surface area contributed by atoms with E-state index in [4.69, 9.17) is 11.6 Å². The molecule has 0 radical (unpaired) electrons. The molecule has 1 fully saturated rings. The molecule has 0 aliphatic heterocycles. The van der Waals surface area contributed by atoms with Gasteiger partial charge in [-0.15, -0.1) is 0 Å². The lowest BCUT2D eigenvalue weighted by Crippen LogP contribution is -2.21. The van der Waals surface area contributed by atoms with Crippen LogP contribution in [0.3, 0.4) is 0 Å². The molecule has 1 saturated carbocycles. The molecule has 1 aliphatic rings. The monoisotopic (exact) mass is 255 g/mol. The van der Waals surface area contributed by atoms with Crippen molar-refractivity contribution in [2.24, 2.45) is 11.8 Å². The molecule has 0 heterocycles. The highest BCUT2D eigenvalue weighted by Crippen LogP contribution is 2.29. The van der Waals surface area contributed by atoms with Gasteiger partial charge in [0, 0.05) is 6.54 Å². The maximum absolute atomic E-state index is 13.2. The number of nitrogens with one attached hydrogen (secondary N) is 1. The molecule has 2 rings (SSSR count). The van der Waals surface area contributed by atoms with Crippen LogP contribution in [0.15, 0.2) is 18.2 Å². The molecular weight excluding hydrogens is 237 g/mol. The Hall–Kier alpha value is -0.600. The van der Waals surface area contributed by atoms with Crippen molar-refractivity contribution in [1.82, 2.24) is 5.32 Å². The zero-order valence-electron chi connectivity index (χ0n) is 10.2. The zero-order chi connectivity index (χ0) is 12.3. The third kappa shape index (κ3) is 3.43. The second-order valence-electron chi connectivity index (χ2n) is 5.13. The predicted molar refractivity (Wildman–Crippen MR) is 69.6 cm³/mol. The summed E-state index contributed by atoms with van der Waals surface area (Å²) in [5, 5.41) is 3.63. The van der Waals surface area contributed by atoms with E-state index in [-0.39, 0.29) is 10.8 Å². The molecule has 1 aliphatic carbocycles. The largest absolute Gasteiger partial charge is 0.312 e. The predicted octanol–water partition coefficient (Wildman–Crippen LogP) is 4.00. The topological polar surface area (TPSA) is 12.0 Å². The summed E-state index contributed by atoms with van der Waals surface area (Å²) in [6, 6.07) is 4.97. The number of halogens is 2. The molecule has 2 atom stereocenters. The van der Waals surface area contributed by atoms with Crippen molar-refractivity contribution < 1.29 is 4.39 Å². The van der Waals surface area contributed by atoms with Crippen LogP contribution in [0.1, 0.15) is 31.7 Å². The average Bonchev–Trinajstić information content (AvgIpc) is 2.70. The maximum atomic E-state index is 13.2. The third-order valence-electron chi connectivity index (χ3n) is 3.58. The van der Waals surface area contributed by atoms with Gasteiger partial charge in [-0.1, -0.05) is 37.1 Å². The Morgan fingerprint density at radius 3 is 2.94 bits per heavy atom. The summed E-state index contributed by atoms with van der Waals surface area (Å²) in [7, 11) is 0. The summed E-state index contributed by atoms with van der Waals surface area (Å²) < 4.78 is 13.2. The summed E-state index contributed by atoms with van der Waals surface area (Å²) in [5.74, 6) is 1.30. The van der Waals surface area contributed by atoms with Gasteiger partial charge in [-0.3, -0.25) is 0 Å². The zero-order valence-corrected chi connectivity index (χ0v) is 10.9. The SMILES string of the molecule is CC1CCC(CNCc2cccc(F)c2Cl)C1. The number of hydrogen-bond acceptors (Lipinski definition) is 1. The van der Waals surface area contributed by atoms with Gasteiger partial charge in [0.15, 0.2) is 0 Å². The molecule has 0 spiro atoms. The van der Waals surface area contributed by atoms with Gasteiger partial charge >= 0.3 is 0 Å². The van der Waals surface area contributed by atoms with Crippen molar-refractivity contribution in [2.45, 2.75) is 32.7 Å². The van der Waals surface area contributed by atoms with Gasteiger partial charge in [0.1, 0.15) is 5.82 Å². The Kier molecular flexibility index (Phi) is 4.41. The molecule has 1 nitrogen and oxygen atoms in total. The Morgan fingerprint density at radius 1 is 1.41 bits per heavy atom. The van der Waals surface area contributed by atoms with Crippen LogP contribution in [-0.4, -0.2) is 6.54 Å². The van der Waals surface area contributed by atoms with Crippen LogP contribution in [-0.2, 0) is 6.54 Å². The van der Waals surface area contributed by atoms with E-state index < -0.39 is 0 Å². The smallest absolute Gasteiger partial charge is 0.142 e. The van der Waals surface area contributed by atoms with E-state index in [0.29, 0.717) is 6.54 Å². The Bertz CT molecular complexity index is 380. The Labute approximate surface area is 107 Å². The van der Waals surface area contributed by atoms with Crippen molar-refractivity contribution in [2.75, 3.05) is 6.54 Å². The van der Waals surface area contributed by atoms with E-state index in [1.165, 1.54) is 25.3 Å². The lowest BCUT2D eigenvalue weighted by atomic mass is 10.1. The second kappa shape index (κ2) is 5.83. The molecule has 1 aromatic carbocycles. The van der Waals surface area contributed by atoms with E-state index in [2.05, 4.69) is 12.2 Å². The first-order valence-corrected chi connectivity index (χ1v) is 6.68. The standard InChI is InChI=1S/C14H19ClFN/c1-10-5-6-11(7-10)8-17-9-12-3-2-4-13(16)14(12)15/h2-4,10-11,17H,5-9H2,1H3. The van der Waals surface area contributed by atoms with Gasteiger partial charge in [0.05, 0.1) is 5.02 Å². The van der Waals surface area contributed by atoms with E-state index >= 15 is 0 Å². The molecule has 3 heteroatoms. The minimum atomic E-state index is -0.333. The van der Waals surface area contributed by atoms with Gasteiger partial charge in [-0.25, -0.2) is 4.39 Å². The highest BCUT2D eigenvalue weighted by molar-refractivity contribution is 6.31. The Balaban J connectivity index is 1.80. The van der Waals surface area contributed by atoms with Crippen molar-refractivity contribution in [3.8, 4) is 0 Å². The molecule has 2 unspecified atom stereocenters. The molecule has 0 bridgehead atoms. The highest BCUT2D eigenvalue weighted by Gasteiger charge is 2.20. The molecule has 1 aromatic rings. The van der Waals surface area contributed by atoms with Crippen LogP contribution in [0.4, 0.5) is 4.39 Å². The summed E-state index contributed by atoms with van der Waals surface area (Å²) in [6.07, 6.45) is 3.96. The van der Waals surface area contributed by atoms with Gasteiger partial charge in [-0.05, 0) is 42.9 Å². The summed E-state index contributed by atoms with van der Waals surface area (Å²) >= 11 is 5.90. The van der Waals surface area contributed by atoms with Crippen molar-refractivity contribution >= 4 is 11.6 Å². The fourth-order valence-electron chi connectivity index (χ4n) is 2.61. The van der Waals surface area contributed by atoms with E-state index in [9.17, 15) is 4.39 Å². The van der Waals surface area contributed by atoms with Gasteiger partial charge in [0.25, 0.3) is 0 Å². The lowest BCUT2D eigenvalue weighted by molar-refractivity contribution is 0.470. The van der Waals surface area contributed by atoms with Crippen LogP contribution in [0, 0.1) is 17.7 Å². The summed E-state index contributed by atoms with van der Waals surface area (Å²) in [5.41, 5.74) is 0.845. The number of benzene rings is 1. The van der Waals surface area contributed by atoms with Gasteiger partial charge in [0.2, 0.25) is 0 Å². The molecule has 94 valence electrons. The molecule has 1 N–H and O–H groups in total. The molecule has 0 amide bonds. The van der Waals surface area contributed by atoms with Crippen molar-refractivity contribution in [3.05, 3.63) is 34.6 Å². The van der Waals surface area contributed by atoms with Gasteiger partial charge < -0.3 is 5.32 Å². The maximum Gasteiger partial charge on any atom is 0.142 e. The third-order valence-corrected chi connectivity index (χ3v) is 4.01. The molecule has 0 aromatic heterocycles. The van der Waals surface area contributed by atoms with Crippen LogP contribution >= 0.6 is 11.6 Å². The van der Waals surface area contributed by atoms with E-state index in [0.717, 1.165) is 23.9 Å². The number of hydrogen-bond donors (Lipinski definition) is 1. The number of rotatable bonds is 4. The fourth-order valence-corrected chi connectivity index (χ4v) is 2.80. The first kappa shape index (κ1) is 12.8. The minimum Gasteiger partial charge on any atom is -0.312 e. The molecule has 17 heavy (non-hydrogen) atoms. The quantitative estimate of drug-likeness (QED) is 0.857. The molecule has 0 saturated heterocycles.